The summed E-state index contributed by atoms with van der Waals surface area (Å²) >= 11 is 0. The van der Waals surface area contributed by atoms with Crippen molar-refractivity contribution in [2.75, 3.05) is 6.79 Å². The molecule has 3 rings (SSSR count). The maximum absolute atomic E-state index is 12.6. The summed E-state index contributed by atoms with van der Waals surface area (Å²) in [5.74, 6) is 0.858. The Kier molecular flexibility index (Phi) is 5.64. The van der Waals surface area contributed by atoms with Gasteiger partial charge in [-0.2, -0.15) is 13.2 Å². The van der Waals surface area contributed by atoms with Crippen molar-refractivity contribution in [3.63, 3.8) is 0 Å². The number of nitrogens with two attached hydrogens (primary N) is 1. The molecule has 0 bridgehead atoms. The van der Waals surface area contributed by atoms with Crippen LogP contribution in [0, 0.1) is 0 Å². The molecule has 0 radical (unpaired) electrons. The molecule has 1 aliphatic rings. The van der Waals surface area contributed by atoms with Gasteiger partial charge >= 0.3 is 6.18 Å². The second-order valence-electron chi connectivity index (χ2n) is 6.28. The number of amides is 1. The van der Waals surface area contributed by atoms with Crippen molar-refractivity contribution in [3.05, 3.63) is 53.1 Å². The van der Waals surface area contributed by atoms with Gasteiger partial charge in [-0.15, -0.1) is 0 Å². The molecule has 0 saturated heterocycles. The third kappa shape index (κ3) is 4.48. The Balaban J connectivity index is 1.68. The first kappa shape index (κ1) is 19.8. The van der Waals surface area contributed by atoms with Crippen LogP contribution in [0.15, 0.2) is 36.4 Å². The molecule has 9 heteroatoms. The van der Waals surface area contributed by atoms with E-state index in [4.69, 9.17) is 19.9 Å². The number of hydrogen-bond donors (Lipinski definition) is 2. The molecule has 28 heavy (non-hydrogen) atoms. The number of carbonyl (C=O) groups excluding carboxylic acids is 1. The lowest BCUT2D eigenvalue weighted by Crippen LogP contribution is -2.38. The molecule has 1 atom stereocenters. The Morgan fingerprint density at radius 2 is 1.86 bits per heavy atom. The molecule has 0 aliphatic carbocycles. The second kappa shape index (κ2) is 7.97. The zero-order valence-corrected chi connectivity index (χ0v) is 15.0. The maximum atomic E-state index is 12.6. The van der Waals surface area contributed by atoms with Crippen LogP contribution < -0.4 is 25.3 Å². The van der Waals surface area contributed by atoms with E-state index in [1.165, 1.54) is 12.1 Å². The van der Waals surface area contributed by atoms with Gasteiger partial charge in [-0.25, -0.2) is 0 Å². The van der Waals surface area contributed by atoms with Crippen LogP contribution in [0.25, 0.3) is 0 Å². The number of primary amides is 1. The van der Waals surface area contributed by atoms with Crippen LogP contribution in [-0.4, -0.2) is 18.7 Å². The van der Waals surface area contributed by atoms with E-state index in [2.05, 4.69) is 5.32 Å². The van der Waals surface area contributed by atoms with Gasteiger partial charge in [-0.05, 0) is 30.7 Å². The van der Waals surface area contributed by atoms with Crippen molar-refractivity contribution in [1.82, 2.24) is 5.32 Å². The van der Waals surface area contributed by atoms with Gasteiger partial charge in [-0.3, -0.25) is 4.79 Å². The summed E-state index contributed by atoms with van der Waals surface area (Å²) in [7, 11) is 0. The highest BCUT2D eigenvalue weighted by molar-refractivity contribution is 5.79. The largest absolute Gasteiger partial charge is 0.485 e. The van der Waals surface area contributed by atoms with E-state index in [9.17, 15) is 18.0 Å². The summed E-state index contributed by atoms with van der Waals surface area (Å²) in [6.07, 6.45) is -4.37. The van der Waals surface area contributed by atoms with Gasteiger partial charge < -0.3 is 25.3 Å². The number of rotatable bonds is 7. The van der Waals surface area contributed by atoms with E-state index in [1.807, 2.05) is 0 Å². The topological polar surface area (TPSA) is 82.8 Å². The lowest BCUT2D eigenvalue weighted by Gasteiger charge is -2.14. The van der Waals surface area contributed by atoms with Gasteiger partial charge in [0.25, 0.3) is 0 Å². The van der Waals surface area contributed by atoms with Gasteiger partial charge in [0.15, 0.2) is 11.5 Å². The Hall–Kier alpha value is -2.94. The minimum absolute atomic E-state index is 0.0222. The average Bonchev–Trinajstić information content (AvgIpc) is 3.14. The molecule has 150 valence electrons. The van der Waals surface area contributed by atoms with Crippen LogP contribution in [0.4, 0.5) is 13.2 Å². The number of carbonyl (C=O) groups is 1. The molecule has 6 nitrogen and oxygen atoms in total. The normalized spacial score (nSPS) is 14.0. The van der Waals surface area contributed by atoms with E-state index in [-0.39, 0.29) is 13.4 Å². The summed E-state index contributed by atoms with van der Waals surface area (Å²) in [5.41, 5.74) is 5.86. The molecule has 3 N–H and O–H groups in total. The molecule has 0 saturated carbocycles. The highest BCUT2D eigenvalue weighted by atomic mass is 19.4. The Morgan fingerprint density at radius 1 is 1.18 bits per heavy atom. The van der Waals surface area contributed by atoms with Crippen molar-refractivity contribution in [3.8, 4) is 17.2 Å². The summed E-state index contributed by atoms with van der Waals surface area (Å²) in [6, 6.07) is 7.69. The lowest BCUT2D eigenvalue weighted by molar-refractivity contribution is -0.137. The van der Waals surface area contributed by atoms with Gasteiger partial charge in [-0.1, -0.05) is 18.2 Å². The van der Waals surface area contributed by atoms with Crippen LogP contribution >= 0.6 is 0 Å². The SMILES string of the molecule is CC(NCc1ccc(OCc2ccc(C(F)(F)F)cc2)c2c1OCO2)C(N)=O. The van der Waals surface area contributed by atoms with Crippen molar-refractivity contribution in [2.45, 2.75) is 32.3 Å². The smallest absolute Gasteiger partial charge is 0.416 e. The summed E-state index contributed by atoms with van der Waals surface area (Å²) in [6.45, 7) is 2.09. The Bertz CT molecular complexity index is 853. The van der Waals surface area contributed by atoms with Crippen LogP contribution in [0.5, 0.6) is 17.2 Å². The highest BCUT2D eigenvalue weighted by Gasteiger charge is 2.30. The fourth-order valence-electron chi connectivity index (χ4n) is 2.60. The fraction of sp³-hybridized carbons (Fsp3) is 0.316. The lowest BCUT2D eigenvalue weighted by atomic mass is 10.1. The number of ether oxygens (including phenoxy) is 3. The van der Waals surface area contributed by atoms with Crippen LogP contribution in [-0.2, 0) is 24.1 Å². The Morgan fingerprint density at radius 3 is 2.50 bits per heavy atom. The number of nitrogens with one attached hydrogen (secondary N) is 1. The molecule has 1 heterocycles. The number of hydrogen-bond acceptors (Lipinski definition) is 5. The number of halogens is 3. The minimum atomic E-state index is -4.37. The fourth-order valence-corrected chi connectivity index (χ4v) is 2.60. The van der Waals surface area contributed by atoms with Crippen molar-refractivity contribution >= 4 is 5.91 Å². The first-order valence-corrected chi connectivity index (χ1v) is 8.49. The maximum Gasteiger partial charge on any atom is 0.416 e. The molecular weight excluding hydrogens is 377 g/mol. The van der Waals surface area contributed by atoms with E-state index in [0.29, 0.717) is 29.4 Å². The monoisotopic (exact) mass is 396 g/mol. The van der Waals surface area contributed by atoms with Crippen LogP contribution in [0.1, 0.15) is 23.6 Å². The van der Waals surface area contributed by atoms with E-state index < -0.39 is 23.7 Å². The molecule has 2 aromatic rings. The molecule has 0 aromatic heterocycles. The van der Waals surface area contributed by atoms with Crippen LogP contribution in [0.3, 0.4) is 0 Å². The van der Waals surface area contributed by atoms with Gasteiger partial charge in [0.2, 0.25) is 18.4 Å². The molecular formula is C19H19F3N2O4. The summed E-state index contributed by atoms with van der Waals surface area (Å²) < 4.78 is 54.5. The predicted molar refractivity (Wildman–Crippen MR) is 93.8 cm³/mol. The van der Waals surface area contributed by atoms with Crippen molar-refractivity contribution in [2.24, 2.45) is 5.73 Å². The zero-order valence-electron chi connectivity index (χ0n) is 15.0. The number of alkyl halides is 3. The molecule has 2 aromatic carbocycles. The third-order valence-electron chi connectivity index (χ3n) is 4.27. The molecule has 1 amide bonds. The van der Waals surface area contributed by atoms with E-state index >= 15 is 0 Å². The third-order valence-corrected chi connectivity index (χ3v) is 4.27. The molecule has 1 unspecified atom stereocenters. The molecule has 0 fully saturated rings. The highest BCUT2D eigenvalue weighted by Crippen LogP contribution is 2.43. The van der Waals surface area contributed by atoms with Crippen molar-refractivity contribution < 1.29 is 32.2 Å². The molecule has 0 spiro atoms. The van der Waals surface area contributed by atoms with Gasteiger partial charge in [0.05, 0.1) is 11.6 Å². The van der Waals surface area contributed by atoms with E-state index in [1.54, 1.807) is 19.1 Å². The standard InChI is InChI=1S/C19H19F3N2O4/c1-11(18(23)25)24-8-13-4-7-15(17-16(13)27-10-28-17)26-9-12-2-5-14(6-3-12)19(20,21)22/h2-7,11,24H,8-10H2,1H3,(H2,23,25). The summed E-state index contributed by atoms with van der Waals surface area (Å²) in [5, 5.41) is 2.98. The average molecular weight is 396 g/mol. The predicted octanol–water partition coefficient (Wildman–Crippen LogP) is 2.98. The molecule has 1 aliphatic heterocycles. The van der Waals surface area contributed by atoms with E-state index in [0.717, 1.165) is 17.7 Å². The second-order valence-corrected chi connectivity index (χ2v) is 6.28. The Labute approximate surface area is 159 Å². The zero-order chi connectivity index (χ0) is 20.3. The number of benzene rings is 2. The van der Waals surface area contributed by atoms with Crippen molar-refractivity contribution in [1.29, 1.82) is 0 Å². The van der Waals surface area contributed by atoms with Gasteiger partial charge in [0.1, 0.15) is 6.61 Å². The minimum Gasteiger partial charge on any atom is -0.485 e. The first-order chi connectivity index (χ1) is 13.3. The quantitative estimate of drug-likeness (QED) is 0.752. The number of fused-ring (bicyclic) bond motifs is 1. The van der Waals surface area contributed by atoms with Gasteiger partial charge in [0, 0.05) is 12.1 Å². The first-order valence-electron chi connectivity index (χ1n) is 8.49. The van der Waals surface area contributed by atoms with Crippen LogP contribution in [0.2, 0.25) is 0 Å². The summed E-state index contributed by atoms with van der Waals surface area (Å²) in [4.78, 5) is 11.1.